The fourth-order valence-electron chi connectivity index (χ4n) is 2.69. The average Bonchev–Trinajstić information content (AvgIpc) is 1.70. The average molecular weight is 299 g/mol. The quantitative estimate of drug-likeness (QED) is 0.572. The van der Waals surface area contributed by atoms with Crippen molar-refractivity contribution in [3.8, 4) is 0 Å². The van der Waals surface area contributed by atoms with Gasteiger partial charge in [-0.15, -0.1) is 11.1 Å². The van der Waals surface area contributed by atoms with E-state index in [0.29, 0.717) is 0 Å². The Morgan fingerprint density at radius 3 is 2.33 bits per heavy atom. The van der Waals surface area contributed by atoms with Gasteiger partial charge in [0.05, 0.1) is 14.2 Å². The predicted molar refractivity (Wildman–Crippen MR) is 77.6 cm³/mol. The summed E-state index contributed by atoms with van der Waals surface area (Å²) in [5, 5.41) is 0. The first-order valence-electron chi connectivity index (χ1n) is 5.61. The minimum atomic E-state index is -2.24. The molecule has 0 aromatic heterocycles. The maximum Gasteiger partial charge on any atom is 0.396 e. The molecule has 0 spiro atoms. The lowest BCUT2D eigenvalue weighted by atomic mass is 10.2. The largest absolute Gasteiger partial charge is 0.431 e. The van der Waals surface area contributed by atoms with Crippen molar-refractivity contribution in [3.05, 3.63) is 0 Å². The zero-order valence-electron chi connectivity index (χ0n) is 10.7. The number of hydrogen-bond donors (Lipinski definition) is 0. The number of rotatable bonds is 2. The van der Waals surface area contributed by atoms with Gasteiger partial charge >= 0.3 is 7.39 Å². The Balaban J connectivity index is 2.82. The first kappa shape index (κ1) is 14.1. The van der Waals surface area contributed by atoms with E-state index in [9.17, 15) is 0 Å². The van der Waals surface area contributed by atoms with Gasteiger partial charge in [0.25, 0.3) is 0 Å². The van der Waals surface area contributed by atoms with Crippen molar-refractivity contribution < 1.29 is 8.54 Å². The molecule has 1 fully saturated rings. The lowest BCUT2D eigenvalue weighted by molar-refractivity contribution is 0.104. The van der Waals surface area contributed by atoms with Crippen LogP contribution in [0.1, 0.15) is 13.8 Å². The molecule has 1 aliphatic heterocycles. The Labute approximate surface area is 104 Å². The number of hydrogen-bond acceptors (Lipinski definition) is 2. The summed E-state index contributed by atoms with van der Waals surface area (Å²) in [6.45, 7) is 13.6. The van der Waals surface area contributed by atoms with Gasteiger partial charge in [-0.3, -0.25) is 0 Å². The smallest absolute Gasteiger partial charge is 0.396 e. The molecule has 0 radical (unpaired) electrons. The third-order valence-corrected chi connectivity index (χ3v) is 33.7. The molecular weight excluding hydrogens is 276 g/mol. The van der Waals surface area contributed by atoms with Crippen LogP contribution < -0.4 is 0 Å². The first-order valence-corrected chi connectivity index (χ1v) is 19.1. The van der Waals surface area contributed by atoms with Crippen LogP contribution in [0.15, 0.2) is 0 Å². The second kappa shape index (κ2) is 4.39. The van der Waals surface area contributed by atoms with Gasteiger partial charge in [0, 0.05) is 7.59 Å². The predicted octanol–water partition coefficient (Wildman–Crippen LogP) is 1.84. The van der Waals surface area contributed by atoms with Crippen molar-refractivity contribution in [1.82, 2.24) is 0 Å². The van der Waals surface area contributed by atoms with Crippen LogP contribution in [0.4, 0.5) is 0 Å². The Morgan fingerprint density at radius 2 is 1.93 bits per heavy atom. The zero-order valence-corrected chi connectivity index (χ0v) is 16.0. The van der Waals surface area contributed by atoms with E-state index in [1.54, 1.807) is 0 Å². The van der Waals surface area contributed by atoms with Crippen molar-refractivity contribution in [2.45, 2.75) is 51.7 Å². The van der Waals surface area contributed by atoms with E-state index in [1.165, 1.54) is 6.04 Å². The van der Waals surface area contributed by atoms with E-state index in [0.717, 1.165) is 0 Å². The topological polar surface area (TPSA) is 18.5 Å². The summed E-state index contributed by atoms with van der Waals surface area (Å²) in [5.74, 6) is 0. The van der Waals surface area contributed by atoms with Crippen molar-refractivity contribution >= 4 is 43.7 Å². The summed E-state index contributed by atoms with van der Waals surface area (Å²) in [6, 6.07) is 1.25. The summed E-state index contributed by atoms with van der Waals surface area (Å²) in [5.41, 5.74) is -0.0434. The standard InChI is InChI=1S/C8H23ClO2Si4/c1-8(2)7-14(5,6)12-15(9,10-8)11-13(3)4/h13H,7,12H2,1-6H3. The summed E-state index contributed by atoms with van der Waals surface area (Å²) >= 11 is 6.66. The zero-order chi connectivity index (χ0) is 11.9. The van der Waals surface area contributed by atoms with Gasteiger partial charge in [0.15, 0.2) is 9.04 Å². The van der Waals surface area contributed by atoms with Gasteiger partial charge in [-0.25, -0.2) is 0 Å². The summed E-state index contributed by atoms with van der Waals surface area (Å²) in [4.78, 5) is 0. The molecule has 7 heteroatoms. The minimum Gasteiger partial charge on any atom is -0.431 e. The van der Waals surface area contributed by atoms with Crippen LogP contribution in [0.5, 0.6) is 0 Å². The molecule has 1 saturated heterocycles. The normalized spacial score (nSPS) is 36.0. The number of halogens is 1. The molecule has 15 heavy (non-hydrogen) atoms. The van der Waals surface area contributed by atoms with E-state index in [4.69, 9.17) is 19.6 Å². The van der Waals surface area contributed by atoms with Crippen LogP contribution in [-0.4, -0.2) is 38.2 Å². The highest BCUT2D eigenvalue weighted by Gasteiger charge is 2.52. The van der Waals surface area contributed by atoms with Crippen molar-refractivity contribution in [2.75, 3.05) is 0 Å². The molecule has 0 saturated carbocycles. The van der Waals surface area contributed by atoms with Crippen LogP contribution >= 0.6 is 11.1 Å². The summed E-state index contributed by atoms with van der Waals surface area (Å²) in [7, 11) is -4.71. The summed E-state index contributed by atoms with van der Waals surface area (Å²) in [6.07, 6.45) is 0. The Kier molecular flexibility index (Phi) is 4.14. The lowest BCUT2D eigenvalue weighted by Crippen LogP contribution is -2.65. The van der Waals surface area contributed by atoms with E-state index in [1.807, 2.05) is 0 Å². The molecule has 1 unspecified atom stereocenters. The Bertz CT molecular complexity index is 229. The SMILES string of the molecule is C[SiH](C)O[Si]1(Cl)OC(C)(C)C[Si](C)(C)[SiH2]1. The third-order valence-electron chi connectivity index (χ3n) is 2.43. The van der Waals surface area contributed by atoms with Gasteiger partial charge in [-0.1, -0.05) is 13.1 Å². The van der Waals surface area contributed by atoms with E-state index >= 15 is 0 Å². The second-order valence-corrected chi connectivity index (χ2v) is 31.7. The van der Waals surface area contributed by atoms with Gasteiger partial charge in [0.2, 0.25) is 0 Å². The summed E-state index contributed by atoms with van der Waals surface area (Å²) < 4.78 is 12.2. The molecule has 1 heterocycles. The fraction of sp³-hybridized carbons (Fsp3) is 1.00. The van der Waals surface area contributed by atoms with Crippen molar-refractivity contribution in [2.24, 2.45) is 0 Å². The molecule has 1 atom stereocenters. The maximum atomic E-state index is 6.66. The molecular formula is C8H23ClO2Si4. The van der Waals surface area contributed by atoms with Crippen LogP contribution in [0.3, 0.4) is 0 Å². The van der Waals surface area contributed by atoms with E-state index in [2.05, 4.69) is 40.0 Å². The van der Waals surface area contributed by atoms with Crippen LogP contribution in [0.25, 0.3) is 0 Å². The minimum absolute atomic E-state index is 0.0434. The third kappa shape index (κ3) is 4.45. The van der Waals surface area contributed by atoms with Crippen LogP contribution in [0.2, 0.25) is 32.2 Å². The molecule has 0 bridgehead atoms. The molecule has 0 aromatic carbocycles. The monoisotopic (exact) mass is 298 g/mol. The lowest BCUT2D eigenvalue weighted by Gasteiger charge is -2.46. The maximum absolute atomic E-state index is 6.66. The second-order valence-electron chi connectivity index (χ2n) is 6.21. The van der Waals surface area contributed by atoms with Crippen LogP contribution in [0, 0.1) is 0 Å². The van der Waals surface area contributed by atoms with Crippen molar-refractivity contribution in [3.63, 3.8) is 0 Å². The van der Waals surface area contributed by atoms with E-state index in [-0.39, 0.29) is 14.2 Å². The molecule has 90 valence electrons. The van der Waals surface area contributed by atoms with Gasteiger partial charge in [0.1, 0.15) is 0 Å². The molecule has 1 rings (SSSR count). The molecule has 0 aromatic rings. The van der Waals surface area contributed by atoms with E-state index < -0.39 is 24.0 Å². The first-order chi connectivity index (χ1) is 6.54. The highest BCUT2D eigenvalue weighted by Crippen LogP contribution is 2.36. The molecule has 0 amide bonds. The fourth-order valence-corrected chi connectivity index (χ4v) is 47.9. The Hall–Kier alpha value is 1.08. The molecule has 0 N–H and O–H groups in total. The molecule has 2 nitrogen and oxygen atoms in total. The van der Waals surface area contributed by atoms with Crippen molar-refractivity contribution in [1.29, 1.82) is 0 Å². The highest BCUT2D eigenvalue weighted by atomic mass is 35.6. The van der Waals surface area contributed by atoms with Gasteiger partial charge in [-0.2, -0.15) is 0 Å². The van der Waals surface area contributed by atoms with Gasteiger partial charge < -0.3 is 8.54 Å². The van der Waals surface area contributed by atoms with Crippen LogP contribution in [-0.2, 0) is 8.54 Å². The molecule has 1 aliphatic rings. The molecule has 0 aliphatic carbocycles. The Morgan fingerprint density at radius 1 is 1.40 bits per heavy atom. The highest BCUT2D eigenvalue weighted by molar-refractivity contribution is 7.62. The van der Waals surface area contributed by atoms with Gasteiger partial charge in [-0.05, 0) is 33.0 Å².